The fraction of sp³-hybridized carbons (Fsp3) is 0.588. The molecule has 1 aromatic carbocycles. The third-order valence-electron chi connectivity index (χ3n) is 4.45. The number of carbonyl (C=O) groups is 1. The quantitative estimate of drug-likeness (QED) is 0.802. The van der Waals surface area contributed by atoms with Gasteiger partial charge >= 0.3 is 5.97 Å². The second-order valence-corrected chi connectivity index (χ2v) is 6.23. The van der Waals surface area contributed by atoms with E-state index in [1.165, 1.54) is 5.56 Å². The van der Waals surface area contributed by atoms with Crippen LogP contribution in [0.2, 0.25) is 0 Å². The lowest BCUT2D eigenvalue weighted by Crippen LogP contribution is -2.54. The standard InChI is InChI=1S/C17H25NO2/c1-3-4-10-15(16(19)20)18-14-11-17(2,12-14)13-8-6-5-7-9-13/h5-9,14-15,18H,3-4,10-12H2,1-2H3,(H,19,20). The molecular formula is C17H25NO2. The van der Waals surface area contributed by atoms with Crippen LogP contribution in [-0.2, 0) is 10.2 Å². The fourth-order valence-electron chi connectivity index (χ4n) is 3.19. The molecule has 0 bridgehead atoms. The Hall–Kier alpha value is -1.35. The molecular weight excluding hydrogens is 250 g/mol. The summed E-state index contributed by atoms with van der Waals surface area (Å²) in [6.45, 7) is 4.36. The van der Waals surface area contributed by atoms with E-state index >= 15 is 0 Å². The van der Waals surface area contributed by atoms with Crippen molar-refractivity contribution in [1.29, 1.82) is 0 Å². The Balaban J connectivity index is 1.87. The van der Waals surface area contributed by atoms with Gasteiger partial charge in [-0.25, -0.2) is 0 Å². The van der Waals surface area contributed by atoms with Crippen molar-refractivity contribution >= 4 is 5.97 Å². The van der Waals surface area contributed by atoms with Crippen molar-refractivity contribution in [3.8, 4) is 0 Å². The Bertz CT molecular complexity index is 438. The average molecular weight is 275 g/mol. The molecule has 1 fully saturated rings. The number of unbranched alkanes of at least 4 members (excludes halogenated alkanes) is 1. The first-order valence-corrected chi connectivity index (χ1v) is 7.59. The highest BCUT2D eigenvalue weighted by molar-refractivity contribution is 5.73. The van der Waals surface area contributed by atoms with E-state index < -0.39 is 5.97 Å². The van der Waals surface area contributed by atoms with E-state index in [-0.39, 0.29) is 11.5 Å². The van der Waals surface area contributed by atoms with Crippen molar-refractivity contribution in [2.45, 2.75) is 63.5 Å². The second-order valence-electron chi connectivity index (χ2n) is 6.23. The second kappa shape index (κ2) is 6.40. The highest BCUT2D eigenvalue weighted by atomic mass is 16.4. The number of carboxylic acids is 1. The lowest BCUT2D eigenvalue weighted by atomic mass is 9.63. The molecule has 1 aromatic rings. The first kappa shape index (κ1) is 15.0. The number of nitrogens with one attached hydrogen (secondary N) is 1. The fourth-order valence-corrected chi connectivity index (χ4v) is 3.19. The molecule has 3 heteroatoms. The Kier molecular flexibility index (Phi) is 4.81. The molecule has 0 spiro atoms. The third-order valence-corrected chi connectivity index (χ3v) is 4.45. The van der Waals surface area contributed by atoms with Gasteiger partial charge in [-0.1, -0.05) is 57.0 Å². The maximum Gasteiger partial charge on any atom is 0.320 e. The summed E-state index contributed by atoms with van der Waals surface area (Å²) in [5.74, 6) is -0.716. The largest absolute Gasteiger partial charge is 0.480 e. The topological polar surface area (TPSA) is 49.3 Å². The molecule has 2 N–H and O–H groups in total. The molecule has 0 heterocycles. The molecule has 2 rings (SSSR count). The van der Waals surface area contributed by atoms with Crippen LogP contribution < -0.4 is 5.32 Å². The maximum absolute atomic E-state index is 11.2. The highest BCUT2D eigenvalue weighted by Crippen LogP contribution is 2.43. The Morgan fingerprint density at radius 3 is 2.60 bits per heavy atom. The zero-order valence-corrected chi connectivity index (χ0v) is 12.4. The van der Waals surface area contributed by atoms with Crippen LogP contribution in [0.3, 0.4) is 0 Å². The molecule has 110 valence electrons. The zero-order valence-electron chi connectivity index (χ0n) is 12.4. The summed E-state index contributed by atoms with van der Waals surface area (Å²) >= 11 is 0. The van der Waals surface area contributed by atoms with E-state index in [1.54, 1.807) is 0 Å². The van der Waals surface area contributed by atoms with Gasteiger partial charge in [0.05, 0.1) is 0 Å². The maximum atomic E-state index is 11.2. The molecule has 0 amide bonds. The van der Waals surface area contributed by atoms with Gasteiger partial charge in [-0.05, 0) is 30.2 Å². The number of aliphatic carboxylic acids is 1. The minimum Gasteiger partial charge on any atom is -0.480 e. The summed E-state index contributed by atoms with van der Waals surface area (Å²) < 4.78 is 0. The summed E-state index contributed by atoms with van der Waals surface area (Å²) in [6, 6.07) is 10.5. The molecule has 3 nitrogen and oxygen atoms in total. The molecule has 1 aliphatic rings. The van der Waals surface area contributed by atoms with Crippen LogP contribution in [0.4, 0.5) is 0 Å². The Morgan fingerprint density at radius 1 is 1.40 bits per heavy atom. The van der Waals surface area contributed by atoms with Crippen molar-refractivity contribution < 1.29 is 9.90 Å². The van der Waals surface area contributed by atoms with Gasteiger partial charge in [0, 0.05) is 6.04 Å². The molecule has 0 radical (unpaired) electrons. The smallest absolute Gasteiger partial charge is 0.320 e. The summed E-state index contributed by atoms with van der Waals surface area (Å²) in [7, 11) is 0. The predicted octanol–water partition coefficient (Wildman–Crippen LogP) is 3.34. The van der Waals surface area contributed by atoms with Crippen molar-refractivity contribution in [3.63, 3.8) is 0 Å². The summed E-state index contributed by atoms with van der Waals surface area (Å²) in [5.41, 5.74) is 1.56. The minimum atomic E-state index is -0.716. The van der Waals surface area contributed by atoms with E-state index in [0.717, 1.165) is 32.1 Å². The Morgan fingerprint density at radius 2 is 2.05 bits per heavy atom. The molecule has 1 aliphatic carbocycles. The minimum absolute atomic E-state index is 0.201. The number of hydrogen-bond acceptors (Lipinski definition) is 2. The van der Waals surface area contributed by atoms with Gasteiger partial charge in [0.2, 0.25) is 0 Å². The summed E-state index contributed by atoms with van der Waals surface area (Å²) in [4.78, 5) is 11.2. The lowest BCUT2D eigenvalue weighted by molar-refractivity contribution is -0.140. The van der Waals surface area contributed by atoms with E-state index in [9.17, 15) is 9.90 Å². The van der Waals surface area contributed by atoms with E-state index in [4.69, 9.17) is 0 Å². The number of carboxylic acid groups (broad SMARTS) is 1. The summed E-state index contributed by atoms with van der Waals surface area (Å²) in [5, 5.41) is 12.6. The van der Waals surface area contributed by atoms with Crippen LogP contribution in [0, 0.1) is 0 Å². The average Bonchev–Trinajstić information content (AvgIpc) is 2.41. The summed E-state index contributed by atoms with van der Waals surface area (Å²) in [6.07, 6.45) is 4.77. The van der Waals surface area contributed by atoms with Crippen molar-refractivity contribution in [2.24, 2.45) is 0 Å². The van der Waals surface area contributed by atoms with Crippen molar-refractivity contribution in [1.82, 2.24) is 5.32 Å². The molecule has 1 unspecified atom stereocenters. The molecule has 0 aliphatic heterocycles. The van der Waals surface area contributed by atoms with Gasteiger partial charge in [-0.15, -0.1) is 0 Å². The molecule has 0 saturated heterocycles. The molecule has 1 atom stereocenters. The first-order chi connectivity index (χ1) is 9.55. The number of rotatable bonds is 7. The van der Waals surface area contributed by atoms with Gasteiger partial charge in [-0.2, -0.15) is 0 Å². The first-order valence-electron chi connectivity index (χ1n) is 7.59. The van der Waals surface area contributed by atoms with Crippen molar-refractivity contribution in [3.05, 3.63) is 35.9 Å². The number of benzene rings is 1. The van der Waals surface area contributed by atoms with Crippen molar-refractivity contribution in [2.75, 3.05) is 0 Å². The monoisotopic (exact) mass is 275 g/mol. The molecule has 1 saturated carbocycles. The molecule has 20 heavy (non-hydrogen) atoms. The van der Waals surface area contributed by atoms with Crippen LogP contribution in [0.1, 0.15) is 51.5 Å². The highest BCUT2D eigenvalue weighted by Gasteiger charge is 2.42. The normalized spacial score (nSPS) is 26.8. The van der Waals surface area contributed by atoms with Crippen LogP contribution >= 0.6 is 0 Å². The molecule has 0 aromatic heterocycles. The van der Waals surface area contributed by atoms with Gasteiger partial charge in [0.25, 0.3) is 0 Å². The van der Waals surface area contributed by atoms with Gasteiger partial charge < -0.3 is 10.4 Å². The van der Waals surface area contributed by atoms with E-state index in [0.29, 0.717) is 6.04 Å². The van der Waals surface area contributed by atoms with Crippen LogP contribution in [0.5, 0.6) is 0 Å². The third kappa shape index (κ3) is 3.40. The van der Waals surface area contributed by atoms with E-state index in [2.05, 4.69) is 43.4 Å². The van der Waals surface area contributed by atoms with Crippen LogP contribution in [0.15, 0.2) is 30.3 Å². The SMILES string of the molecule is CCCCC(NC1CC(C)(c2ccccc2)C1)C(=O)O. The van der Waals surface area contributed by atoms with Crippen LogP contribution in [0.25, 0.3) is 0 Å². The van der Waals surface area contributed by atoms with Gasteiger partial charge in [0.1, 0.15) is 6.04 Å². The predicted molar refractivity (Wildman–Crippen MR) is 80.9 cm³/mol. The van der Waals surface area contributed by atoms with Crippen LogP contribution in [-0.4, -0.2) is 23.2 Å². The zero-order chi connectivity index (χ0) is 14.6. The number of hydrogen-bond donors (Lipinski definition) is 2. The van der Waals surface area contributed by atoms with Gasteiger partial charge in [-0.3, -0.25) is 4.79 Å². The van der Waals surface area contributed by atoms with E-state index in [1.807, 2.05) is 6.07 Å². The lowest BCUT2D eigenvalue weighted by Gasteiger charge is -2.47. The Labute approximate surface area is 121 Å². The van der Waals surface area contributed by atoms with Gasteiger partial charge in [0.15, 0.2) is 0 Å².